The number of nitrogens with one attached hydrogen (secondary N) is 1. The van der Waals surface area contributed by atoms with Crippen LogP contribution in [-0.2, 0) is 17.8 Å². The van der Waals surface area contributed by atoms with Crippen molar-refractivity contribution < 1.29 is 4.79 Å². The summed E-state index contributed by atoms with van der Waals surface area (Å²) in [5.74, 6) is 5.05. The van der Waals surface area contributed by atoms with E-state index in [4.69, 9.17) is 5.84 Å². The van der Waals surface area contributed by atoms with Crippen molar-refractivity contribution >= 4 is 5.91 Å². The van der Waals surface area contributed by atoms with E-state index in [1.807, 2.05) is 18.2 Å². The first-order chi connectivity index (χ1) is 10.1. The van der Waals surface area contributed by atoms with Crippen molar-refractivity contribution in [2.24, 2.45) is 5.84 Å². The lowest BCUT2D eigenvalue weighted by Gasteiger charge is -2.27. The maximum Gasteiger partial charge on any atom is 0.238 e. The molecule has 1 aromatic rings. The number of carbonyl (C=O) groups excluding carboxylic acids is 1. The maximum absolute atomic E-state index is 11.5. The van der Waals surface area contributed by atoms with Gasteiger partial charge in [-0.1, -0.05) is 24.3 Å². The molecule has 1 saturated heterocycles. The van der Waals surface area contributed by atoms with E-state index in [-0.39, 0.29) is 5.91 Å². The smallest absolute Gasteiger partial charge is 0.238 e. The van der Waals surface area contributed by atoms with E-state index < -0.39 is 0 Å². The van der Waals surface area contributed by atoms with Gasteiger partial charge in [-0.05, 0) is 44.6 Å². The number of likely N-dealkylation sites (N-methyl/N-ethyl adjacent to an activating group) is 1. The molecule has 0 aromatic heterocycles. The molecule has 0 aliphatic carbocycles. The highest BCUT2D eigenvalue weighted by atomic mass is 16.2. The molecule has 1 fully saturated rings. The molecule has 1 amide bonds. The Morgan fingerprint density at radius 3 is 2.76 bits per heavy atom. The fourth-order valence-corrected chi connectivity index (χ4v) is 3.06. The Labute approximate surface area is 127 Å². The second-order valence-corrected chi connectivity index (χ2v) is 6.04. The van der Waals surface area contributed by atoms with Crippen molar-refractivity contribution in [3.05, 3.63) is 35.4 Å². The van der Waals surface area contributed by atoms with Crippen LogP contribution in [0.2, 0.25) is 0 Å². The molecule has 1 atom stereocenters. The number of carbonyl (C=O) groups is 1. The maximum atomic E-state index is 11.5. The lowest BCUT2D eigenvalue weighted by molar-refractivity contribution is -0.120. The summed E-state index contributed by atoms with van der Waals surface area (Å²) >= 11 is 0. The van der Waals surface area contributed by atoms with Crippen LogP contribution >= 0.6 is 0 Å². The molecular weight excluding hydrogens is 264 g/mol. The van der Waals surface area contributed by atoms with Gasteiger partial charge < -0.3 is 4.90 Å². The molecule has 5 nitrogen and oxygen atoms in total. The third kappa shape index (κ3) is 4.52. The first kappa shape index (κ1) is 15.9. The second kappa shape index (κ2) is 7.54. The highest BCUT2D eigenvalue weighted by Crippen LogP contribution is 2.22. The molecule has 1 unspecified atom stereocenters. The van der Waals surface area contributed by atoms with Gasteiger partial charge >= 0.3 is 0 Å². The van der Waals surface area contributed by atoms with Gasteiger partial charge in [-0.15, -0.1) is 0 Å². The molecule has 1 aromatic carbocycles. The standard InChI is InChI=1S/C16H26N4O/c1-19(2)12-15-8-5-9-20(15)11-14-7-4-3-6-13(14)10-16(21)18-17/h3-4,6-7,15H,5,8-12,17H2,1-2H3,(H,18,21). The van der Waals surface area contributed by atoms with Crippen LogP contribution in [-0.4, -0.2) is 48.9 Å². The van der Waals surface area contributed by atoms with Crippen LogP contribution in [0, 0.1) is 0 Å². The molecule has 1 aliphatic heterocycles. The van der Waals surface area contributed by atoms with Crippen molar-refractivity contribution in [3.63, 3.8) is 0 Å². The first-order valence-corrected chi connectivity index (χ1v) is 7.55. The molecule has 5 heteroatoms. The van der Waals surface area contributed by atoms with Crippen LogP contribution in [0.15, 0.2) is 24.3 Å². The van der Waals surface area contributed by atoms with Crippen molar-refractivity contribution in [2.75, 3.05) is 27.2 Å². The monoisotopic (exact) mass is 290 g/mol. The van der Waals surface area contributed by atoms with E-state index >= 15 is 0 Å². The van der Waals surface area contributed by atoms with Gasteiger partial charge in [0.05, 0.1) is 6.42 Å². The van der Waals surface area contributed by atoms with E-state index in [2.05, 4.69) is 35.4 Å². The van der Waals surface area contributed by atoms with Gasteiger partial charge in [0, 0.05) is 19.1 Å². The van der Waals surface area contributed by atoms with Crippen molar-refractivity contribution in [2.45, 2.75) is 31.8 Å². The highest BCUT2D eigenvalue weighted by Gasteiger charge is 2.25. The summed E-state index contributed by atoms with van der Waals surface area (Å²) in [5.41, 5.74) is 4.50. The zero-order chi connectivity index (χ0) is 15.2. The molecule has 21 heavy (non-hydrogen) atoms. The third-order valence-corrected chi connectivity index (χ3v) is 4.08. The summed E-state index contributed by atoms with van der Waals surface area (Å²) in [6, 6.07) is 8.75. The Bertz CT molecular complexity index is 475. The molecule has 116 valence electrons. The number of hydrogen-bond acceptors (Lipinski definition) is 4. The van der Waals surface area contributed by atoms with Crippen molar-refractivity contribution in [1.82, 2.24) is 15.2 Å². The van der Waals surface area contributed by atoms with Crippen LogP contribution in [0.25, 0.3) is 0 Å². The van der Waals surface area contributed by atoms with E-state index in [0.29, 0.717) is 12.5 Å². The van der Waals surface area contributed by atoms with Crippen molar-refractivity contribution in [3.8, 4) is 0 Å². The van der Waals surface area contributed by atoms with E-state index in [9.17, 15) is 4.79 Å². The predicted octanol–water partition coefficient (Wildman–Crippen LogP) is 0.745. The Morgan fingerprint density at radius 2 is 2.10 bits per heavy atom. The fraction of sp³-hybridized carbons (Fsp3) is 0.562. The van der Waals surface area contributed by atoms with E-state index in [0.717, 1.165) is 25.2 Å². The third-order valence-electron chi connectivity index (χ3n) is 4.08. The van der Waals surface area contributed by atoms with Gasteiger partial charge in [-0.3, -0.25) is 15.1 Å². The number of likely N-dealkylation sites (tertiary alicyclic amines) is 1. The molecule has 1 aliphatic rings. The topological polar surface area (TPSA) is 61.6 Å². The number of benzene rings is 1. The average Bonchev–Trinajstić information content (AvgIpc) is 2.87. The Hall–Kier alpha value is -1.43. The minimum absolute atomic E-state index is 0.145. The van der Waals surface area contributed by atoms with E-state index in [1.54, 1.807) is 0 Å². The van der Waals surface area contributed by atoms with Crippen LogP contribution < -0.4 is 11.3 Å². The Kier molecular flexibility index (Phi) is 5.73. The molecule has 0 bridgehead atoms. The van der Waals surface area contributed by atoms with Gasteiger partial charge in [-0.2, -0.15) is 0 Å². The summed E-state index contributed by atoms with van der Waals surface area (Å²) in [7, 11) is 4.24. The van der Waals surface area contributed by atoms with Gasteiger partial charge in [0.2, 0.25) is 5.91 Å². The number of hydrazine groups is 1. The zero-order valence-corrected chi connectivity index (χ0v) is 13.0. The molecule has 2 rings (SSSR count). The minimum Gasteiger partial charge on any atom is -0.308 e. The van der Waals surface area contributed by atoms with Crippen molar-refractivity contribution in [1.29, 1.82) is 0 Å². The molecule has 0 spiro atoms. The second-order valence-electron chi connectivity index (χ2n) is 6.04. The largest absolute Gasteiger partial charge is 0.308 e. The SMILES string of the molecule is CN(C)CC1CCCN1Cc1ccccc1CC(=O)NN. The molecule has 0 saturated carbocycles. The first-order valence-electron chi connectivity index (χ1n) is 7.55. The van der Waals surface area contributed by atoms with E-state index in [1.165, 1.54) is 18.4 Å². The van der Waals surface area contributed by atoms with Crippen LogP contribution in [0.5, 0.6) is 0 Å². The quantitative estimate of drug-likeness (QED) is 0.461. The molecule has 3 N–H and O–H groups in total. The molecular formula is C16H26N4O. The minimum atomic E-state index is -0.145. The number of nitrogens with zero attached hydrogens (tertiary/aromatic N) is 2. The summed E-state index contributed by atoms with van der Waals surface area (Å²) in [5, 5.41) is 0. The van der Waals surface area contributed by atoms with Gasteiger partial charge in [0.1, 0.15) is 0 Å². The van der Waals surface area contributed by atoms with Crippen LogP contribution in [0.1, 0.15) is 24.0 Å². The lowest BCUT2D eigenvalue weighted by atomic mass is 10.0. The summed E-state index contributed by atoms with van der Waals surface area (Å²) in [6.07, 6.45) is 2.85. The summed E-state index contributed by atoms with van der Waals surface area (Å²) < 4.78 is 0. The number of hydrogen-bond donors (Lipinski definition) is 2. The van der Waals surface area contributed by atoms with Crippen LogP contribution in [0.4, 0.5) is 0 Å². The Morgan fingerprint density at radius 1 is 1.38 bits per heavy atom. The summed E-state index contributed by atoms with van der Waals surface area (Å²) in [6.45, 7) is 3.13. The summed E-state index contributed by atoms with van der Waals surface area (Å²) in [4.78, 5) is 16.3. The lowest BCUT2D eigenvalue weighted by Crippen LogP contribution is -2.37. The highest BCUT2D eigenvalue weighted by molar-refractivity contribution is 5.78. The van der Waals surface area contributed by atoms with Gasteiger partial charge in [-0.25, -0.2) is 5.84 Å². The molecule has 0 radical (unpaired) electrons. The number of amides is 1. The zero-order valence-electron chi connectivity index (χ0n) is 13.0. The number of nitrogens with two attached hydrogens (primary N) is 1. The average molecular weight is 290 g/mol. The normalized spacial score (nSPS) is 19.1. The van der Waals surface area contributed by atoms with Gasteiger partial charge in [0.15, 0.2) is 0 Å². The van der Waals surface area contributed by atoms with Crippen LogP contribution in [0.3, 0.4) is 0 Å². The predicted molar refractivity (Wildman–Crippen MR) is 84.5 cm³/mol. The molecule has 1 heterocycles. The fourth-order valence-electron chi connectivity index (χ4n) is 3.06. The Balaban J connectivity index is 2.06. The van der Waals surface area contributed by atoms with Gasteiger partial charge in [0.25, 0.3) is 0 Å². The number of rotatable bonds is 6.